The van der Waals surface area contributed by atoms with Crippen molar-refractivity contribution >= 4 is 11.6 Å². The van der Waals surface area contributed by atoms with Gasteiger partial charge in [0.2, 0.25) is 5.91 Å². The van der Waals surface area contributed by atoms with Crippen LogP contribution in [-0.4, -0.2) is 19.6 Å². The molecule has 3 heteroatoms. The molecule has 1 aromatic rings. The summed E-state index contributed by atoms with van der Waals surface area (Å²) in [5, 5.41) is 0. The average molecular weight is 259 g/mol. The molecular formula is C16H21NO2. The van der Waals surface area contributed by atoms with Crippen LogP contribution in [0.15, 0.2) is 35.9 Å². The molecule has 0 saturated carbocycles. The van der Waals surface area contributed by atoms with Gasteiger partial charge in [0.1, 0.15) is 5.75 Å². The monoisotopic (exact) mass is 259 g/mol. The Bertz CT molecular complexity index is 489. The Hall–Kier alpha value is -1.77. The van der Waals surface area contributed by atoms with Crippen molar-refractivity contribution in [2.24, 2.45) is 5.92 Å². The van der Waals surface area contributed by atoms with Gasteiger partial charge in [-0.3, -0.25) is 4.79 Å². The molecule has 1 heterocycles. The summed E-state index contributed by atoms with van der Waals surface area (Å²) in [4.78, 5) is 14.3. The molecule has 1 unspecified atom stereocenters. The standard InChI is InChI=1S/C16H21NO2/c1-12(2)8-9-13-10-11-17(16(13)18)14-6-4-5-7-15(14)19-3/h4-8,13H,9-11H2,1-3H3. The summed E-state index contributed by atoms with van der Waals surface area (Å²) in [6.07, 6.45) is 3.90. The molecule has 0 radical (unpaired) electrons. The highest BCUT2D eigenvalue weighted by molar-refractivity contribution is 5.98. The highest BCUT2D eigenvalue weighted by atomic mass is 16.5. The van der Waals surface area contributed by atoms with Crippen LogP contribution >= 0.6 is 0 Å². The number of hydrogen-bond acceptors (Lipinski definition) is 2. The number of allylic oxidation sites excluding steroid dienone is 2. The van der Waals surface area contributed by atoms with Crippen molar-refractivity contribution in [2.75, 3.05) is 18.6 Å². The Morgan fingerprint density at radius 2 is 2.16 bits per heavy atom. The zero-order chi connectivity index (χ0) is 13.8. The van der Waals surface area contributed by atoms with Crippen LogP contribution in [0.5, 0.6) is 5.75 Å². The zero-order valence-corrected chi connectivity index (χ0v) is 11.8. The molecule has 1 saturated heterocycles. The van der Waals surface area contributed by atoms with Crippen molar-refractivity contribution in [1.29, 1.82) is 0 Å². The number of rotatable bonds is 4. The van der Waals surface area contributed by atoms with Crippen LogP contribution in [0.2, 0.25) is 0 Å². The third kappa shape index (κ3) is 2.98. The fourth-order valence-electron chi connectivity index (χ4n) is 2.43. The maximum Gasteiger partial charge on any atom is 0.230 e. The van der Waals surface area contributed by atoms with Crippen LogP contribution in [-0.2, 0) is 4.79 Å². The minimum Gasteiger partial charge on any atom is -0.495 e. The van der Waals surface area contributed by atoms with Gasteiger partial charge in [-0.05, 0) is 38.8 Å². The van der Waals surface area contributed by atoms with Crippen molar-refractivity contribution in [3.8, 4) is 5.75 Å². The maximum absolute atomic E-state index is 12.4. The molecule has 1 aliphatic heterocycles. The zero-order valence-electron chi connectivity index (χ0n) is 11.8. The number of amides is 1. The van der Waals surface area contributed by atoms with Gasteiger partial charge in [-0.1, -0.05) is 23.8 Å². The Balaban J connectivity index is 2.15. The van der Waals surface area contributed by atoms with E-state index in [-0.39, 0.29) is 11.8 Å². The second-order valence-electron chi connectivity index (χ2n) is 5.16. The predicted octanol–water partition coefficient (Wildman–Crippen LogP) is 3.40. The molecule has 0 bridgehead atoms. The molecule has 1 atom stereocenters. The van der Waals surface area contributed by atoms with E-state index in [1.165, 1.54) is 5.57 Å². The number of carbonyl (C=O) groups excluding carboxylic acids is 1. The largest absolute Gasteiger partial charge is 0.495 e. The smallest absolute Gasteiger partial charge is 0.230 e. The molecule has 3 nitrogen and oxygen atoms in total. The van der Waals surface area contributed by atoms with Crippen LogP contribution in [0, 0.1) is 5.92 Å². The topological polar surface area (TPSA) is 29.5 Å². The lowest BCUT2D eigenvalue weighted by Crippen LogP contribution is -2.27. The summed E-state index contributed by atoms with van der Waals surface area (Å²) < 4.78 is 5.33. The lowest BCUT2D eigenvalue weighted by Gasteiger charge is -2.19. The Labute approximate surface area is 114 Å². The molecule has 1 amide bonds. The molecule has 1 aliphatic rings. The van der Waals surface area contributed by atoms with Gasteiger partial charge in [-0.15, -0.1) is 0 Å². The third-order valence-electron chi connectivity index (χ3n) is 3.50. The first kappa shape index (κ1) is 13.7. The number of carbonyl (C=O) groups is 1. The number of benzene rings is 1. The van der Waals surface area contributed by atoms with E-state index in [2.05, 4.69) is 19.9 Å². The van der Waals surface area contributed by atoms with Gasteiger partial charge in [-0.25, -0.2) is 0 Å². The molecule has 2 rings (SSSR count). The summed E-state index contributed by atoms with van der Waals surface area (Å²) in [7, 11) is 1.64. The van der Waals surface area contributed by atoms with Crippen LogP contribution in [0.1, 0.15) is 26.7 Å². The van der Waals surface area contributed by atoms with Gasteiger partial charge in [0, 0.05) is 12.5 Å². The lowest BCUT2D eigenvalue weighted by atomic mass is 10.0. The second kappa shape index (κ2) is 5.91. The normalized spacial score (nSPS) is 18.6. The molecule has 1 aromatic carbocycles. The van der Waals surface area contributed by atoms with E-state index in [1.54, 1.807) is 7.11 Å². The first-order valence-corrected chi connectivity index (χ1v) is 6.71. The second-order valence-corrected chi connectivity index (χ2v) is 5.16. The predicted molar refractivity (Wildman–Crippen MR) is 77.5 cm³/mol. The van der Waals surface area contributed by atoms with Crippen molar-refractivity contribution in [2.45, 2.75) is 26.7 Å². The molecule has 0 N–H and O–H groups in total. The number of hydrogen-bond donors (Lipinski definition) is 0. The Morgan fingerprint density at radius 3 is 2.84 bits per heavy atom. The Kier molecular flexibility index (Phi) is 4.25. The van der Waals surface area contributed by atoms with E-state index in [9.17, 15) is 4.79 Å². The quantitative estimate of drug-likeness (QED) is 0.776. The fourth-order valence-corrected chi connectivity index (χ4v) is 2.43. The first-order chi connectivity index (χ1) is 9.13. The third-order valence-corrected chi connectivity index (χ3v) is 3.50. The van der Waals surface area contributed by atoms with Crippen molar-refractivity contribution in [3.63, 3.8) is 0 Å². The van der Waals surface area contributed by atoms with E-state index in [4.69, 9.17) is 4.74 Å². The summed E-state index contributed by atoms with van der Waals surface area (Å²) in [6, 6.07) is 7.70. The molecule has 1 fully saturated rings. The van der Waals surface area contributed by atoms with Gasteiger partial charge in [0.15, 0.2) is 0 Å². The number of nitrogens with zero attached hydrogens (tertiary/aromatic N) is 1. The minimum absolute atomic E-state index is 0.111. The molecule has 102 valence electrons. The van der Waals surface area contributed by atoms with E-state index in [1.807, 2.05) is 29.2 Å². The first-order valence-electron chi connectivity index (χ1n) is 6.71. The lowest BCUT2D eigenvalue weighted by molar-refractivity contribution is -0.120. The van der Waals surface area contributed by atoms with Gasteiger partial charge >= 0.3 is 0 Å². The molecule has 0 aliphatic carbocycles. The highest BCUT2D eigenvalue weighted by Gasteiger charge is 2.32. The Morgan fingerprint density at radius 1 is 1.42 bits per heavy atom. The SMILES string of the molecule is COc1ccccc1N1CCC(CC=C(C)C)C1=O. The average Bonchev–Trinajstić information content (AvgIpc) is 2.77. The van der Waals surface area contributed by atoms with Gasteiger partial charge < -0.3 is 9.64 Å². The van der Waals surface area contributed by atoms with Crippen LogP contribution < -0.4 is 9.64 Å². The number of anilines is 1. The van der Waals surface area contributed by atoms with Crippen molar-refractivity contribution in [1.82, 2.24) is 0 Å². The van der Waals surface area contributed by atoms with Gasteiger partial charge in [-0.2, -0.15) is 0 Å². The van der Waals surface area contributed by atoms with Crippen molar-refractivity contribution in [3.05, 3.63) is 35.9 Å². The minimum atomic E-state index is 0.111. The summed E-state index contributed by atoms with van der Waals surface area (Å²) in [5.74, 6) is 1.08. The van der Waals surface area contributed by atoms with E-state index in [0.717, 1.165) is 30.8 Å². The molecule has 19 heavy (non-hydrogen) atoms. The highest BCUT2D eigenvalue weighted by Crippen LogP contribution is 2.33. The van der Waals surface area contributed by atoms with Gasteiger partial charge in [0.25, 0.3) is 0 Å². The number of methoxy groups -OCH3 is 1. The molecular weight excluding hydrogens is 238 g/mol. The van der Waals surface area contributed by atoms with Crippen LogP contribution in [0.4, 0.5) is 5.69 Å². The molecule has 0 spiro atoms. The van der Waals surface area contributed by atoms with Crippen molar-refractivity contribution < 1.29 is 9.53 Å². The number of ether oxygens (including phenoxy) is 1. The van der Waals surface area contributed by atoms with Crippen LogP contribution in [0.25, 0.3) is 0 Å². The number of para-hydroxylation sites is 2. The maximum atomic E-state index is 12.4. The van der Waals surface area contributed by atoms with E-state index in [0.29, 0.717) is 0 Å². The van der Waals surface area contributed by atoms with Gasteiger partial charge in [0.05, 0.1) is 12.8 Å². The van der Waals surface area contributed by atoms with E-state index < -0.39 is 0 Å². The summed E-state index contributed by atoms with van der Waals surface area (Å²) in [5.41, 5.74) is 2.15. The van der Waals surface area contributed by atoms with E-state index >= 15 is 0 Å². The fraction of sp³-hybridized carbons (Fsp3) is 0.438. The summed E-state index contributed by atoms with van der Waals surface area (Å²) >= 11 is 0. The van der Waals surface area contributed by atoms with Crippen LogP contribution in [0.3, 0.4) is 0 Å². The summed E-state index contributed by atoms with van der Waals surface area (Å²) in [6.45, 7) is 4.91. The molecule has 0 aromatic heterocycles.